The topological polar surface area (TPSA) is 26.3 Å². The molecule has 0 unspecified atom stereocenters. The number of carbonyl (C=O) groups is 1. The fourth-order valence-corrected chi connectivity index (χ4v) is 1.65. The van der Waals surface area contributed by atoms with Crippen molar-refractivity contribution >= 4 is 28.8 Å². The first-order chi connectivity index (χ1) is 7.37. The van der Waals surface area contributed by atoms with Crippen LogP contribution in [0.15, 0.2) is 29.2 Å². The van der Waals surface area contributed by atoms with Crippen LogP contribution in [0.3, 0.4) is 0 Å². The van der Waals surface area contributed by atoms with Gasteiger partial charge in [-0.15, -0.1) is 0 Å². The number of carbonyl (C=O) groups excluding carboxylic acids is 1. The summed E-state index contributed by atoms with van der Waals surface area (Å²) in [7, 11) is 0. The zero-order chi connectivity index (χ0) is 12.2. The lowest BCUT2D eigenvalue weighted by atomic mass is 10.2. The molecule has 0 aliphatic carbocycles. The van der Waals surface area contributed by atoms with Crippen molar-refractivity contribution in [2.45, 2.75) is 17.0 Å². The Bertz CT molecular complexity index is 381. The van der Waals surface area contributed by atoms with E-state index in [-0.39, 0.29) is 23.3 Å². The predicted molar refractivity (Wildman–Crippen MR) is 54.4 cm³/mol. The molecule has 1 rings (SSSR count). The smallest absolute Gasteiger partial charge is 0.446 e. The number of rotatable bonds is 3. The summed E-state index contributed by atoms with van der Waals surface area (Å²) in [5.41, 5.74) is -4.88. The van der Waals surface area contributed by atoms with Gasteiger partial charge in [0.1, 0.15) is 6.61 Å². The molecule has 0 radical (unpaired) electrons. The van der Waals surface area contributed by atoms with Gasteiger partial charge in [0, 0.05) is 16.5 Å². The Morgan fingerprint density at radius 3 is 2.69 bits per heavy atom. The fraction of sp³-hybridized carbons (Fsp3) is 0.222. The maximum atomic E-state index is 12.0. The minimum Gasteiger partial charge on any atom is -0.449 e. The summed E-state index contributed by atoms with van der Waals surface area (Å²) < 4.78 is 40.6. The van der Waals surface area contributed by atoms with Gasteiger partial charge in [-0.25, -0.2) is 4.79 Å². The van der Waals surface area contributed by atoms with Crippen molar-refractivity contribution < 1.29 is 22.7 Å². The van der Waals surface area contributed by atoms with Crippen molar-refractivity contribution in [1.82, 2.24) is 0 Å². The Balaban J connectivity index is 2.67. The monoisotopic (exact) mass is 270 g/mol. The summed E-state index contributed by atoms with van der Waals surface area (Å²) in [4.78, 5) is 10.3. The molecule has 0 bridgehead atoms. The van der Waals surface area contributed by atoms with Crippen LogP contribution in [0.1, 0.15) is 5.56 Å². The molecule has 0 aromatic heterocycles. The molecule has 0 saturated heterocycles. The maximum Gasteiger partial charge on any atom is 0.446 e. The van der Waals surface area contributed by atoms with Gasteiger partial charge in [0.15, 0.2) is 0 Å². The Morgan fingerprint density at radius 1 is 1.44 bits per heavy atom. The molecule has 0 aliphatic rings. The van der Waals surface area contributed by atoms with E-state index in [4.69, 9.17) is 11.6 Å². The van der Waals surface area contributed by atoms with Crippen LogP contribution in [0.4, 0.5) is 18.0 Å². The van der Waals surface area contributed by atoms with Gasteiger partial charge >= 0.3 is 10.9 Å². The molecule has 16 heavy (non-hydrogen) atoms. The number of benzene rings is 1. The number of hydrogen-bond acceptors (Lipinski definition) is 3. The Hall–Kier alpha value is -0.880. The van der Waals surface area contributed by atoms with Crippen molar-refractivity contribution in [1.29, 1.82) is 0 Å². The molecule has 0 saturated carbocycles. The standard InChI is InChI=1S/C9H6ClF3O2S/c10-8(14)15-5-6-2-1-3-7(4-6)16-9(11,12)13/h1-4H,5H2. The summed E-state index contributed by atoms with van der Waals surface area (Å²) in [5, 5.41) is 0. The maximum absolute atomic E-state index is 12.0. The summed E-state index contributed by atoms with van der Waals surface area (Å²) in [6.45, 7) is -0.144. The van der Waals surface area contributed by atoms with Crippen molar-refractivity contribution in [2.75, 3.05) is 0 Å². The third-order valence-electron chi connectivity index (χ3n) is 1.48. The molecule has 0 amide bonds. The number of hydrogen-bond donors (Lipinski definition) is 0. The van der Waals surface area contributed by atoms with Crippen LogP contribution >= 0.6 is 23.4 Å². The van der Waals surface area contributed by atoms with E-state index in [2.05, 4.69) is 4.74 Å². The van der Waals surface area contributed by atoms with E-state index in [0.29, 0.717) is 5.56 Å². The lowest BCUT2D eigenvalue weighted by molar-refractivity contribution is -0.0328. The lowest BCUT2D eigenvalue weighted by Gasteiger charge is -2.07. The minimum absolute atomic E-state index is 0.0376. The summed E-state index contributed by atoms with van der Waals surface area (Å²) >= 11 is 4.70. The van der Waals surface area contributed by atoms with Gasteiger partial charge in [0.2, 0.25) is 0 Å². The van der Waals surface area contributed by atoms with E-state index in [0.717, 1.165) is 0 Å². The summed E-state index contributed by atoms with van der Waals surface area (Å²) in [6.07, 6.45) is 0. The van der Waals surface area contributed by atoms with Gasteiger partial charge in [-0.2, -0.15) is 13.2 Å². The fourth-order valence-electron chi connectivity index (χ4n) is 0.972. The molecule has 0 aliphatic heterocycles. The molecular formula is C9H6ClF3O2S. The highest BCUT2D eigenvalue weighted by atomic mass is 35.5. The average Bonchev–Trinajstić information content (AvgIpc) is 2.12. The van der Waals surface area contributed by atoms with E-state index in [1.165, 1.54) is 18.2 Å². The summed E-state index contributed by atoms with van der Waals surface area (Å²) in [5.74, 6) is 0. The second-order valence-corrected chi connectivity index (χ2v) is 4.17. The van der Waals surface area contributed by atoms with Crippen LogP contribution in [-0.2, 0) is 11.3 Å². The second kappa shape index (κ2) is 5.45. The first kappa shape index (κ1) is 13.2. The van der Waals surface area contributed by atoms with E-state index in [1.807, 2.05) is 0 Å². The molecule has 0 atom stereocenters. The Kier molecular flexibility index (Phi) is 4.49. The van der Waals surface area contributed by atoms with Crippen LogP contribution in [0.5, 0.6) is 0 Å². The van der Waals surface area contributed by atoms with Gasteiger partial charge < -0.3 is 4.74 Å². The van der Waals surface area contributed by atoms with Crippen LogP contribution in [-0.4, -0.2) is 10.9 Å². The van der Waals surface area contributed by atoms with Crippen molar-refractivity contribution in [2.24, 2.45) is 0 Å². The number of ether oxygens (including phenoxy) is 1. The Labute approximate surface area is 98.7 Å². The van der Waals surface area contributed by atoms with E-state index in [9.17, 15) is 18.0 Å². The zero-order valence-corrected chi connectivity index (χ0v) is 9.33. The lowest BCUT2D eigenvalue weighted by Crippen LogP contribution is -2.00. The van der Waals surface area contributed by atoms with Crippen LogP contribution in [0.2, 0.25) is 0 Å². The van der Waals surface area contributed by atoms with Crippen LogP contribution in [0.25, 0.3) is 0 Å². The van der Waals surface area contributed by atoms with Crippen molar-refractivity contribution in [3.05, 3.63) is 29.8 Å². The molecular weight excluding hydrogens is 265 g/mol. The molecule has 0 heterocycles. The SMILES string of the molecule is O=C(Cl)OCc1cccc(SC(F)(F)F)c1. The third-order valence-corrected chi connectivity index (χ3v) is 2.31. The van der Waals surface area contributed by atoms with Gasteiger partial charge in [-0.05, 0) is 29.5 Å². The molecule has 0 fully saturated rings. The highest BCUT2D eigenvalue weighted by molar-refractivity contribution is 8.00. The zero-order valence-electron chi connectivity index (χ0n) is 7.75. The number of thioether (sulfide) groups is 1. The molecule has 88 valence electrons. The van der Waals surface area contributed by atoms with E-state index in [1.54, 1.807) is 6.07 Å². The molecule has 7 heteroatoms. The van der Waals surface area contributed by atoms with Crippen LogP contribution in [0, 0.1) is 0 Å². The molecule has 0 N–H and O–H groups in total. The van der Waals surface area contributed by atoms with Crippen molar-refractivity contribution in [3.63, 3.8) is 0 Å². The highest BCUT2D eigenvalue weighted by Crippen LogP contribution is 2.36. The molecule has 0 spiro atoms. The average molecular weight is 271 g/mol. The minimum atomic E-state index is -4.33. The van der Waals surface area contributed by atoms with Gasteiger partial charge in [0.05, 0.1) is 0 Å². The predicted octanol–water partition coefficient (Wildman–Crippen LogP) is 4.17. The molecule has 1 aromatic rings. The Morgan fingerprint density at radius 2 is 2.12 bits per heavy atom. The first-order valence-corrected chi connectivity index (χ1v) is 5.23. The van der Waals surface area contributed by atoms with E-state index >= 15 is 0 Å². The largest absolute Gasteiger partial charge is 0.449 e. The van der Waals surface area contributed by atoms with Gasteiger partial charge in [-0.3, -0.25) is 0 Å². The first-order valence-electron chi connectivity index (χ1n) is 4.04. The summed E-state index contributed by atoms with van der Waals surface area (Å²) in [6, 6.07) is 5.61. The molecule has 1 aromatic carbocycles. The van der Waals surface area contributed by atoms with Gasteiger partial charge in [-0.1, -0.05) is 12.1 Å². The normalized spacial score (nSPS) is 11.2. The van der Waals surface area contributed by atoms with Crippen molar-refractivity contribution in [3.8, 4) is 0 Å². The van der Waals surface area contributed by atoms with Gasteiger partial charge in [0.25, 0.3) is 0 Å². The highest BCUT2D eigenvalue weighted by Gasteiger charge is 2.29. The molecule has 2 nitrogen and oxygen atoms in total. The number of alkyl halides is 3. The quantitative estimate of drug-likeness (QED) is 0.609. The number of halogens is 4. The third kappa shape index (κ3) is 5.27. The van der Waals surface area contributed by atoms with Crippen LogP contribution < -0.4 is 0 Å². The van der Waals surface area contributed by atoms with E-state index < -0.39 is 10.9 Å². The second-order valence-electron chi connectivity index (χ2n) is 2.72.